The van der Waals surface area contributed by atoms with E-state index in [2.05, 4.69) is 9.97 Å². The maximum Gasteiger partial charge on any atom is 0.310 e. The first-order valence-corrected chi connectivity index (χ1v) is 6.68. The summed E-state index contributed by atoms with van der Waals surface area (Å²) < 4.78 is 1.05. The summed E-state index contributed by atoms with van der Waals surface area (Å²) in [4.78, 5) is 19.9. The number of rotatable bonds is 4. The van der Waals surface area contributed by atoms with Crippen molar-refractivity contribution in [2.45, 2.75) is 27.2 Å². The molecule has 1 atom stereocenters. The van der Waals surface area contributed by atoms with Crippen molar-refractivity contribution in [3.8, 4) is 0 Å². The molecular weight excluding hydrogens is 248 g/mol. The van der Waals surface area contributed by atoms with E-state index in [0.717, 1.165) is 15.2 Å². The molecule has 2 aromatic rings. The molecule has 2 aromatic heterocycles. The molecule has 0 aliphatic carbocycles. The molecule has 0 aromatic carbocycles. The quantitative estimate of drug-likeness (QED) is 0.922. The standard InChI is InChI=1S/C13H16N2O2S/c1-8(2)13(3,12(16)17)6-11-15-9-7-14-5-4-10(9)18-11/h4-5,7-8H,6H2,1-3H3,(H,16,17). The van der Waals surface area contributed by atoms with Crippen LogP contribution in [0.15, 0.2) is 18.5 Å². The first kappa shape index (κ1) is 13.0. The summed E-state index contributed by atoms with van der Waals surface area (Å²) in [6.45, 7) is 5.65. The first-order chi connectivity index (χ1) is 8.43. The van der Waals surface area contributed by atoms with Crippen LogP contribution in [0.5, 0.6) is 0 Å². The predicted molar refractivity (Wildman–Crippen MR) is 71.7 cm³/mol. The summed E-state index contributed by atoms with van der Waals surface area (Å²) >= 11 is 1.54. The largest absolute Gasteiger partial charge is 0.481 e. The minimum atomic E-state index is -0.776. The second kappa shape index (κ2) is 4.65. The minimum absolute atomic E-state index is 0.0557. The van der Waals surface area contributed by atoms with Gasteiger partial charge in [0.2, 0.25) is 0 Å². The van der Waals surface area contributed by atoms with E-state index in [0.29, 0.717) is 6.42 Å². The van der Waals surface area contributed by atoms with Crippen LogP contribution in [0.4, 0.5) is 0 Å². The summed E-state index contributed by atoms with van der Waals surface area (Å²) in [6.07, 6.45) is 3.89. The highest BCUT2D eigenvalue weighted by Gasteiger charge is 2.37. The van der Waals surface area contributed by atoms with Crippen LogP contribution in [-0.2, 0) is 11.2 Å². The fraction of sp³-hybridized carbons (Fsp3) is 0.462. The molecule has 0 aliphatic heterocycles. The van der Waals surface area contributed by atoms with Gasteiger partial charge in [-0.25, -0.2) is 4.98 Å². The lowest BCUT2D eigenvalue weighted by Crippen LogP contribution is -2.35. The lowest BCUT2D eigenvalue weighted by Gasteiger charge is -2.27. The Labute approximate surface area is 110 Å². The molecule has 0 amide bonds. The van der Waals surface area contributed by atoms with Crippen LogP contribution in [0, 0.1) is 11.3 Å². The van der Waals surface area contributed by atoms with Crippen molar-refractivity contribution < 1.29 is 9.90 Å². The van der Waals surface area contributed by atoms with Crippen LogP contribution in [0.1, 0.15) is 25.8 Å². The van der Waals surface area contributed by atoms with E-state index >= 15 is 0 Å². The Bertz CT molecular complexity index is 546. The molecule has 0 fully saturated rings. The van der Waals surface area contributed by atoms with Gasteiger partial charge >= 0.3 is 5.97 Å². The third kappa shape index (κ3) is 2.22. The lowest BCUT2D eigenvalue weighted by molar-refractivity contribution is -0.150. The number of pyridine rings is 1. The Morgan fingerprint density at radius 3 is 2.83 bits per heavy atom. The molecule has 2 heterocycles. The number of hydrogen-bond acceptors (Lipinski definition) is 4. The molecule has 2 rings (SSSR count). The van der Waals surface area contributed by atoms with E-state index in [9.17, 15) is 9.90 Å². The van der Waals surface area contributed by atoms with E-state index in [1.165, 1.54) is 0 Å². The van der Waals surface area contributed by atoms with E-state index in [1.807, 2.05) is 19.9 Å². The number of thiazole rings is 1. The minimum Gasteiger partial charge on any atom is -0.481 e. The molecule has 1 N–H and O–H groups in total. The number of carbonyl (C=O) groups is 1. The normalized spacial score (nSPS) is 14.9. The van der Waals surface area contributed by atoms with Gasteiger partial charge in [-0.2, -0.15) is 0 Å². The monoisotopic (exact) mass is 264 g/mol. The molecule has 0 saturated carbocycles. The molecule has 0 spiro atoms. The van der Waals surface area contributed by atoms with Crippen molar-refractivity contribution in [3.63, 3.8) is 0 Å². The predicted octanol–water partition coefficient (Wildman–Crippen LogP) is 2.98. The van der Waals surface area contributed by atoms with Crippen LogP contribution in [0.2, 0.25) is 0 Å². The van der Waals surface area contributed by atoms with Crippen molar-refractivity contribution >= 4 is 27.5 Å². The smallest absolute Gasteiger partial charge is 0.310 e. The lowest BCUT2D eigenvalue weighted by atomic mass is 9.76. The Morgan fingerprint density at radius 1 is 1.56 bits per heavy atom. The number of fused-ring (bicyclic) bond motifs is 1. The molecule has 96 valence electrons. The third-order valence-electron chi connectivity index (χ3n) is 3.52. The van der Waals surface area contributed by atoms with Gasteiger partial charge in [-0.05, 0) is 18.9 Å². The SMILES string of the molecule is CC(C)C(C)(Cc1nc2cnccc2s1)C(=O)O. The summed E-state index contributed by atoms with van der Waals surface area (Å²) in [6, 6.07) is 1.91. The maximum atomic E-state index is 11.4. The second-order valence-electron chi connectivity index (χ2n) is 5.01. The van der Waals surface area contributed by atoms with Crippen molar-refractivity contribution in [3.05, 3.63) is 23.5 Å². The molecule has 0 aliphatic rings. The number of nitrogens with zero attached hydrogens (tertiary/aromatic N) is 2. The highest BCUT2D eigenvalue weighted by atomic mass is 32.1. The van der Waals surface area contributed by atoms with Gasteiger partial charge in [-0.15, -0.1) is 11.3 Å². The summed E-state index contributed by atoms with van der Waals surface area (Å²) in [5.74, 6) is -0.713. The number of aliphatic carboxylic acids is 1. The third-order valence-corrected chi connectivity index (χ3v) is 4.55. The Balaban J connectivity index is 2.35. The van der Waals surface area contributed by atoms with Gasteiger partial charge in [0.05, 0.1) is 26.8 Å². The van der Waals surface area contributed by atoms with Crippen molar-refractivity contribution in [1.82, 2.24) is 9.97 Å². The van der Waals surface area contributed by atoms with E-state index < -0.39 is 11.4 Å². The highest BCUT2D eigenvalue weighted by Crippen LogP contribution is 2.34. The van der Waals surface area contributed by atoms with E-state index in [-0.39, 0.29) is 5.92 Å². The van der Waals surface area contributed by atoms with E-state index in [1.54, 1.807) is 30.7 Å². The van der Waals surface area contributed by atoms with Crippen molar-refractivity contribution in [2.24, 2.45) is 11.3 Å². The van der Waals surface area contributed by atoms with Gasteiger partial charge < -0.3 is 5.11 Å². The fourth-order valence-electron chi connectivity index (χ4n) is 1.74. The first-order valence-electron chi connectivity index (χ1n) is 5.86. The molecule has 5 heteroatoms. The van der Waals surface area contributed by atoms with Gasteiger partial charge in [0.25, 0.3) is 0 Å². The number of hydrogen-bond donors (Lipinski definition) is 1. The van der Waals surface area contributed by atoms with Crippen LogP contribution in [0.3, 0.4) is 0 Å². The zero-order valence-electron chi connectivity index (χ0n) is 10.7. The van der Waals surface area contributed by atoms with Gasteiger partial charge in [-0.3, -0.25) is 9.78 Å². The van der Waals surface area contributed by atoms with Crippen LogP contribution in [-0.4, -0.2) is 21.0 Å². The number of carboxylic acids is 1. The molecule has 0 radical (unpaired) electrons. The summed E-state index contributed by atoms with van der Waals surface area (Å²) in [7, 11) is 0. The van der Waals surface area contributed by atoms with Gasteiger partial charge in [0.15, 0.2) is 0 Å². The van der Waals surface area contributed by atoms with Crippen LogP contribution < -0.4 is 0 Å². The number of carboxylic acid groups (broad SMARTS) is 1. The van der Waals surface area contributed by atoms with Gasteiger partial charge in [-0.1, -0.05) is 13.8 Å². The average molecular weight is 264 g/mol. The van der Waals surface area contributed by atoms with Crippen LogP contribution in [0.25, 0.3) is 10.2 Å². The molecule has 0 bridgehead atoms. The molecular formula is C13H16N2O2S. The number of aromatic nitrogens is 2. The fourth-order valence-corrected chi connectivity index (χ4v) is 2.85. The Morgan fingerprint density at radius 2 is 2.28 bits per heavy atom. The molecule has 18 heavy (non-hydrogen) atoms. The molecule has 0 saturated heterocycles. The zero-order chi connectivity index (χ0) is 13.3. The Kier molecular flexibility index (Phi) is 3.34. The van der Waals surface area contributed by atoms with Crippen LogP contribution >= 0.6 is 11.3 Å². The van der Waals surface area contributed by atoms with Crippen molar-refractivity contribution in [1.29, 1.82) is 0 Å². The van der Waals surface area contributed by atoms with Gasteiger partial charge in [0, 0.05) is 12.6 Å². The topological polar surface area (TPSA) is 63.1 Å². The zero-order valence-corrected chi connectivity index (χ0v) is 11.5. The second-order valence-corrected chi connectivity index (χ2v) is 6.12. The van der Waals surface area contributed by atoms with Gasteiger partial charge in [0.1, 0.15) is 0 Å². The maximum absolute atomic E-state index is 11.4. The Hall–Kier alpha value is -1.49. The average Bonchev–Trinajstić information content (AvgIpc) is 2.70. The molecule has 1 unspecified atom stereocenters. The summed E-state index contributed by atoms with van der Waals surface area (Å²) in [5.41, 5.74) is 0.0652. The van der Waals surface area contributed by atoms with Crippen molar-refractivity contribution in [2.75, 3.05) is 0 Å². The highest BCUT2D eigenvalue weighted by molar-refractivity contribution is 7.18. The van der Waals surface area contributed by atoms with E-state index in [4.69, 9.17) is 0 Å². The summed E-state index contributed by atoms with van der Waals surface area (Å²) in [5, 5.41) is 10.3. The molecule has 4 nitrogen and oxygen atoms in total.